The number of hydrogen-bond donors (Lipinski definition) is 4. The van der Waals surface area contributed by atoms with Crippen molar-refractivity contribution in [1.29, 1.82) is 0 Å². The molecule has 2 aromatic rings. The third-order valence-corrected chi connectivity index (χ3v) is 7.86. The number of rotatable bonds is 13. The van der Waals surface area contributed by atoms with Crippen LogP contribution in [-0.4, -0.2) is 83.0 Å². The quantitative estimate of drug-likeness (QED) is 0.249. The predicted octanol–water partition coefficient (Wildman–Crippen LogP) is 1.30. The number of aromatic nitrogens is 1. The number of nitrogens with one attached hydrogen (secondary N) is 3. The van der Waals surface area contributed by atoms with Crippen LogP contribution in [0.15, 0.2) is 29.8 Å². The first-order valence-electron chi connectivity index (χ1n) is 13.9. The molecule has 13 heteroatoms. The van der Waals surface area contributed by atoms with Gasteiger partial charge in [-0.1, -0.05) is 38.1 Å². The van der Waals surface area contributed by atoms with E-state index in [1.54, 1.807) is 16.8 Å². The van der Waals surface area contributed by atoms with Gasteiger partial charge in [0, 0.05) is 25.9 Å². The van der Waals surface area contributed by atoms with Crippen molar-refractivity contribution in [2.24, 2.45) is 5.92 Å². The summed E-state index contributed by atoms with van der Waals surface area (Å²) in [6.45, 7) is 5.54. The Kier molecular flexibility index (Phi) is 12.0. The fourth-order valence-corrected chi connectivity index (χ4v) is 5.48. The highest BCUT2D eigenvalue weighted by Crippen LogP contribution is 2.27. The zero-order valence-electron chi connectivity index (χ0n) is 24.3. The Morgan fingerprint density at radius 3 is 2.45 bits per heavy atom. The lowest BCUT2D eigenvalue weighted by Crippen LogP contribution is -2.52. The summed E-state index contributed by atoms with van der Waals surface area (Å²) in [5.74, 6) is -2.44. The Hall–Kier alpha value is -3.84. The number of esters is 1. The second-order valence-corrected chi connectivity index (χ2v) is 11.5. The van der Waals surface area contributed by atoms with Gasteiger partial charge in [-0.25, -0.2) is 4.98 Å². The molecule has 1 saturated heterocycles. The summed E-state index contributed by atoms with van der Waals surface area (Å²) >= 11 is 1.56. The van der Waals surface area contributed by atoms with Gasteiger partial charge in [0.15, 0.2) is 0 Å². The molecule has 0 unspecified atom stereocenters. The van der Waals surface area contributed by atoms with Crippen molar-refractivity contribution in [3.8, 4) is 10.4 Å². The van der Waals surface area contributed by atoms with E-state index in [1.165, 1.54) is 12.0 Å². The number of amides is 4. The summed E-state index contributed by atoms with van der Waals surface area (Å²) in [5, 5.41) is 18.2. The van der Waals surface area contributed by atoms with Gasteiger partial charge >= 0.3 is 5.97 Å². The van der Waals surface area contributed by atoms with Crippen LogP contribution in [0.3, 0.4) is 0 Å². The van der Waals surface area contributed by atoms with E-state index < -0.39 is 54.3 Å². The molecule has 0 saturated carbocycles. The maximum absolute atomic E-state index is 13.0. The van der Waals surface area contributed by atoms with Crippen molar-refractivity contribution in [2.75, 3.05) is 20.2 Å². The summed E-state index contributed by atoms with van der Waals surface area (Å²) < 4.78 is 4.53. The van der Waals surface area contributed by atoms with Crippen molar-refractivity contribution < 1.29 is 33.8 Å². The van der Waals surface area contributed by atoms with Gasteiger partial charge < -0.3 is 30.7 Å². The number of benzene rings is 1. The highest BCUT2D eigenvalue weighted by molar-refractivity contribution is 7.13. The van der Waals surface area contributed by atoms with Crippen molar-refractivity contribution in [1.82, 2.24) is 25.8 Å². The lowest BCUT2D eigenvalue weighted by Gasteiger charge is -2.25. The number of carbonyl (C=O) groups is 5. The molecule has 1 aromatic heterocycles. The van der Waals surface area contributed by atoms with Crippen LogP contribution in [0.1, 0.15) is 50.8 Å². The average Bonchev–Trinajstić information content (AvgIpc) is 3.58. The smallest absolute Gasteiger partial charge is 0.306 e. The standard InChI is InChI=1S/C29H39N5O7S/c1-17(2)11-22(33-24(36)9-10-26(38)41-4)28(39)31-14-25(37)34-15-21(35)12-23(34)29(40)30-13-19-5-7-20(8-6-19)27-18(3)32-16-42-27/h5-8,16-17,21-23,35H,9-15H2,1-4H3,(H,30,40)(H,31,39)(H,33,36)/t21-,22+,23+/m1/s1. The lowest BCUT2D eigenvalue weighted by molar-refractivity contribution is -0.142. The molecular weight excluding hydrogens is 562 g/mol. The summed E-state index contributed by atoms with van der Waals surface area (Å²) in [7, 11) is 1.23. The number of hydrogen-bond acceptors (Lipinski definition) is 9. The van der Waals surface area contributed by atoms with Gasteiger partial charge in [0.2, 0.25) is 23.6 Å². The molecule has 1 aliphatic rings. The normalized spacial score (nSPS) is 17.0. The van der Waals surface area contributed by atoms with Crippen LogP contribution in [-0.2, 0) is 35.3 Å². The molecule has 12 nitrogen and oxygen atoms in total. The molecule has 1 fully saturated rings. The molecule has 42 heavy (non-hydrogen) atoms. The fraction of sp³-hybridized carbons (Fsp3) is 0.517. The molecule has 4 amide bonds. The molecule has 0 radical (unpaired) electrons. The van der Waals surface area contributed by atoms with Crippen molar-refractivity contribution >= 4 is 40.9 Å². The Labute approximate surface area is 249 Å². The van der Waals surface area contributed by atoms with E-state index in [2.05, 4.69) is 25.7 Å². The van der Waals surface area contributed by atoms with Crippen molar-refractivity contribution in [3.05, 3.63) is 41.0 Å². The van der Waals surface area contributed by atoms with Crippen LogP contribution >= 0.6 is 11.3 Å². The molecule has 0 spiro atoms. The Bertz CT molecular complexity index is 1260. The van der Waals surface area contributed by atoms with Gasteiger partial charge in [-0.2, -0.15) is 0 Å². The average molecular weight is 602 g/mol. The summed E-state index contributed by atoms with van der Waals surface area (Å²) in [4.78, 5) is 69.1. The van der Waals surface area contributed by atoms with Crippen LogP contribution in [0.25, 0.3) is 10.4 Å². The molecule has 2 heterocycles. The van der Waals surface area contributed by atoms with Gasteiger partial charge in [-0.3, -0.25) is 24.0 Å². The predicted molar refractivity (Wildman–Crippen MR) is 156 cm³/mol. The molecule has 1 aromatic carbocycles. The first kappa shape index (κ1) is 32.7. The zero-order valence-corrected chi connectivity index (χ0v) is 25.2. The fourth-order valence-electron chi connectivity index (χ4n) is 4.67. The van der Waals surface area contributed by atoms with Crippen LogP contribution < -0.4 is 16.0 Å². The molecular formula is C29H39N5O7S. The number of β-amino-alcohol motifs (C(OH)–C–C–N with tert-alkyl or cyclic N) is 1. The number of aryl methyl sites for hydroxylation is 1. The van der Waals surface area contributed by atoms with Gasteiger partial charge in [0.1, 0.15) is 12.1 Å². The van der Waals surface area contributed by atoms with E-state index in [4.69, 9.17) is 0 Å². The first-order valence-corrected chi connectivity index (χ1v) is 14.7. The van der Waals surface area contributed by atoms with E-state index in [-0.39, 0.29) is 38.3 Å². The minimum Gasteiger partial charge on any atom is -0.469 e. The van der Waals surface area contributed by atoms with Crippen LogP contribution in [0.2, 0.25) is 0 Å². The Morgan fingerprint density at radius 2 is 1.83 bits per heavy atom. The molecule has 1 aliphatic heterocycles. The van der Waals surface area contributed by atoms with E-state index >= 15 is 0 Å². The molecule has 3 atom stereocenters. The molecule has 4 N–H and O–H groups in total. The van der Waals surface area contributed by atoms with E-state index in [1.807, 2.05) is 45.0 Å². The number of ether oxygens (including phenoxy) is 1. The number of nitrogens with zero attached hydrogens (tertiary/aromatic N) is 2. The summed E-state index contributed by atoms with van der Waals surface area (Å²) in [6.07, 6.45) is -0.713. The van der Waals surface area contributed by atoms with Crippen molar-refractivity contribution in [2.45, 2.75) is 71.2 Å². The molecule has 228 valence electrons. The van der Waals surface area contributed by atoms with Gasteiger partial charge in [-0.05, 0) is 30.4 Å². The number of aliphatic hydroxyl groups is 1. The maximum Gasteiger partial charge on any atom is 0.306 e. The SMILES string of the molecule is COC(=O)CCC(=O)N[C@@H](CC(C)C)C(=O)NCC(=O)N1C[C@H](O)C[C@H]1C(=O)NCc1ccc(-c2scnc2C)cc1. The number of thiazole rings is 1. The topological polar surface area (TPSA) is 167 Å². The van der Waals surface area contributed by atoms with Crippen LogP contribution in [0.4, 0.5) is 0 Å². The molecule has 0 bridgehead atoms. The highest BCUT2D eigenvalue weighted by atomic mass is 32.1. The molecule has 3 rings (SSSR count). The number of methoxy groups -OCH3 is 1. The van der Waals surface area contributed by atoms with E-state index in [0.29, 0.717) is 6.42 Å². The second-order valence-electron chi connectivity index (χ2n) is 10.7. The minimum atomic E-state index is -0.905. The van der Waals surface area contributed by atoms with Crippen molar-refractivity contribution in [3.63, 3.8) is 0 Å². The summed E-state index contributed by atoms with van der Waals surface area (Å²) in [5.41, 5.74) is 4.67. The van der Waals surface area contributed by atoms with E-state index in [0.717, 1.165) is 21.7 Å². The molecule has 0 aliphatic carbocycles. The third kappa shape index (κ3) is 9.35. The van der Waals surface area contributed by atoms with Gasteiger partial charge in [0.05, 0.1) is 42.3 Å². The number of likely N-dealkylation sites (tertiary alicyclic amines) is 1. The Balaban J connectivity index is 1.53. The minimum absolute atomic E-state index is 0.0324. The second kappa shape index (κ2) is 15.4. The van der Waals surface area contributed by atoms with E-state index in [9.17, 15) is 29.1 Å². The third-order valence-electron chi connectivity index (χ3n) is 6.89. The largest absolute Gasteiger partial charge is 0.469 e. The van der Waals surface area contributed by atoms with Crippen LogP contribution in [0, 0.1) is 12.8 Å². The first-order chi connectivity index (χ1) is 20.0. The van der Waals surface area contributed by atoms with Gasteiger partial charge in [0.25, 0.3) is 0 Å². The zero-order chi connectivity index (χ0) is 30.8. The lowest BCUT2D eigenvalue weighted by atomic mass is 10.0. The number of aliphatic hydroxyl groups excluding tert-OH is 1. The van der Waals surface area contributed by atoms with Crippen LogP contribution in [0.5, 0.6) is 0 Å². The maximum atomic E-state index is 13.0. The highest BCUT2D eigenvalue weighted by Gasteiger charge is 2.39. The Morgan fingerprint density at radius 1 is 1.12 bits per heavy atom. The monoisotopic (exact) mass is 601 g/mol. The number of carbonyl (C=O) groups excluding carboxylic acids is 5. The van der Waals surface area contributed by atoms with Gasteiger partial charge in [-0.15, -0.1) is 11.3 Å². The summed E-state index contributed by atoms with van der Waals surface area (Å²) in [6, 6.07) is 5.98.